The Balaban J connectivity index is 1.49. The van der Waals surface area contributed by atoms with E-state index in [1.807, 2.05) is 6.92 Å². The molecule has 0 aliphatic carbocycles. The van der Waals surface area contributed by atoms with Gasteiger partial charge in [0.2, 0.25) is 5.91 Å². The van der Waals surface area contributed by atoms with Crippen LogP contribution in [-0.4, -0.2) is 35.5 Å². The maximum atomic E-state index is 13.3. The molecule has 0 spiro atoms. The molecular formula is C27H25FN4O4. The number of ether oxygens (including phenoxy) is 1. The first-order valence-electron chi connectivity index (χ1n) is 11.5. The van der Waals surface area contributed by atoms with Gasteiger partial charge < -0.3 is 19.5 Å². The van der Waals surface area contributed by atoms with Crippen LogP contribution in [0.5, 0.6) is 0 Å². The van der Waals surface area contributed by atoms with Crippen molar-refractivity contribution in [2.45, 2.75) is 33.2 Å². The van der Waals surface area contributed by atoms with Gasteiger partial charge in [0.1, 0.15) is 17.7 Å². The van der Waals surface area contributed by atoms with E-state index in [4.69, 9.17) is 4.74 Å². The molecule has 2 aromatic carbocycles. The van der Waals surface area contributed by atoms with Crippen LogP contribution in [0, 0.1) is 31.0 Å². The van der Waals surface area contributed by atoms with Gasteiger partial charge >= 0.3 is 5.97 Å². The van der Waals surface area contributed by atoms with Crippen LogP contribution in [0.25, 0.3) is 0 Å². The zero-order chi connectivity index (χ0) is 25.8. The van der Waals surface area contributed by atoms with Gasteiger partial charge in [-0.2, -0.15) is 5.26 Å². The SMILES string of the molecule is Cc1c(C#N)c(NC(=O)COC(=O)c2ccccc2N2CCCC2=O)n(Cc2ccc(F)cc2)c1C. The molecule has 36 heavy (non-hydrogen) atoms. The molecule has 1 N–H and O–H groups in total. The van der Waals surface area contributed by atoms with Gasteiger partial charge in [0.25, 0.3) is 5.91 Å². The number of hydrogen-bond acceptors (Lipinski definition) is 5. The summed E-state index contributed by atoms with van der Waals surface area (Å²) in [6.07, 6.45) is 1.13. The van der Waals surface area contributed by atoms with E-state index in [1.165, 1.54) is 12.1 Å². The number of aromatic nitrogens is 1. The fourth-order valence-electron chi connectivity index (χ4n) is 4.26. The van der Waals surface area contributed by atoms with Crippen molar-refractivity contribution in [3.05, 3.63) is 82.3 Å². The minimum atomic E-state index is -0.727. The summed E-state index contributed by atoms with van der Waals surface area (Å²) in [7, 11) is 0. The maximum Gasteiger partial charge on any atom is 0.340 e. The van der Waals surface area contributed by atoms with E-state index in [-0.39, 0.29) is 23.1 Å². The van der Waals surface area contributed by atoms with Crippen LogP contribution in [-0.2, 0) is 20.9 Å². The Bertz CT molecular complexity index is 1370. The second-order valence-electron chi connectivity index (χ2n) is 8.55. The normalized spacial score (nSPS) is 12.9. The number of nitriles is 1. The Morgan fingerprint density at radius 1 is 1.14 bits per heavy atom. The van der Waals surface area contributed by atoms with Crippen LogP contribution in [0.4, 0.5) is 15.9 Å². The van der Waals surface area contributed by atoms with Crippen molar-refractivity contribution in [2.75, 3.05) is 23.4 Å². The molecule has 0 atom stereocenters. The second kappa shape index (κ2) is 10.4. The lowest BCUT2D eigenvalue weighted by Crippen LogP contribution is -2.27. The lowest BCUT2D eigenvalue weighted by Gasteiger charge is -2.19. The molecule has 2 heterocycles. The predicted octanol–water partition coefficient (Wildman–Crippen LogP) is 4.09. The van der Waals surface area contributed by atoms with Crippen molar-refractivity contribution in [3.63, 3.8) is 0 Å². The lowest BCUT2D eigenvalue weighted by atomic mass is 10.1. The highest BCUT2D eigenvalue weighted by Gasteiger charge is 2.27. The monoisotopic (exact) mass is 488 g/mol. The van der Waals surface area contributed by atoms with Gasteiger partial charge in [0.05, 0.1) is 16.8 Å². The van der Waals surface area contributed by atoms with Gasteiger partial charge in [-0.15, -0.1) is 0 Å². The van der Waals surface area contributed by atoms with Crippen molar-refractivity contribution >= 4 is 29.3 Å². The van der Waals surface area contributed by atoms with Crippen molar-refractivity contribution in [2.24, 2.45) is 0 Å². The molecule has 1 fully saturated rings. The number of carbonyl (C=O) groups is 3. The number of carbonyl (C=O) groups excluding carboxylic acids is 3. The summed E-state index contributed by atoms with van der Waals surface area (Å²) >= 11 is 0. The van der Waals surface area contributed by atoms with Gasteiger partial charge in [-0.1, -0.05) is 24.3 Å². The molecule has 1 aliphatic heterocycles. The summed E-state index contributed by atoms with van der Waals surface area (Å²) in [4.78, 5) is 39.2. The third-order valence-electron chi connectivity index (χ3n) is 6.28. The number of hydrogen-bond donors (Lipinski definition) is 1. The number of benzene rings is 2. The van der Waals surface area contributed by atoms with Crippen LogP contribution in [0.1, 0.15) is 45.6 Å². The summed E-state index contributed by atoms with van der Waals surface area (Å²) in [6, 6.07) is 14.7. The molecule has 3 aromatic rings. The topological polar surface area (TPSA) is 104 Å². The average Bonchev–Trinajstić information content (AvgIpc) is 3.40. The molecule has 1 aliphatic rings. The second-order valence-corrected chi connectivity index (χ2v) is 8.55. The number of esters is 1. The fraction of sp³-hybridized carbons (Fsp3) is 0.259. The summed E-state index contributed by atoms with van der Waals surface area (Å²) < 4.78 is 20.3. The Labute approximate surface area is 207 Å². The molecule has 9 heteroatoms. The largest absolute Gasteiger partial charge is 0.452 e. The predicted molar refractivity (Wildman–Crippen MR) is 131 cm³/mol. The van der Waals surface area contributed by atoms with Crippen molar-refractivity contribution in [1.82, 2.24) is 4.57 Å². The van der Waals surface area contributed by atoms with Gasteiger partial charge in [-0.25, -0.2) is 9.18 Å². The maximum absolute atomic E-state index is 13.3. The van der Waals surface area contributed by atoms with E-state index < -0.39 is 18.5 Å². The van der Waals surface area contributed by atoms with E-state index >= 15 is 0 Å². The molecule has 0 saturated carbocycles. The molecule has 4 rings (SSSR count). The number of amides is 2. The fourth-order valence-corrected chi connectivity index (χ4v) is 4.26. The number of nitrogens with one attached hydrogen (secondary N) is 1. The molecule has 2 amide bonds. The number of anilines is 2. The molecule has 0 radical (unpaired) electrons. The van der Waals surface area contributed by atoms with Crippen molar-refractivity contribution in [1.29, 1.82) is 5.26 Å². The number of nitrogens with zero attached hydrogens (tertiary/aromatic N) is 3. The lowest BCUT2D eigenvalue weighted by molar-refractivity contribution is -0.119. The highest BCUT2D eigenvalue weighted by molar-refractivity contribution is 6.04. The van der Waals surface area contributed by atoms with Gasteiger partial charge in [0, 0.05) is 25.2 Å². The Morgan fingerprint density at radius 2 is 1.86 bits per heavy atom. The van der Waals surface area contributed by atoms with Crippen LogP contribution in [0.2, 0.25) is 0 Å². The zero-order valence-corrected chi connectivity index (χ0v) is 20.0. The van der Waals surface area contributed by atoms with Gasteiger partial charge in [-0.3, -0.25) is 9.59 Å². The molecule has 184 valence electrons. The average molecular weight is 489 g/mol. The van der Waals surface area contributed by atoms with E-state index in [2.05, 4.69) is 11.4 Å². The van der Waals surface area contributed by atoms with Crippen molar-refractivity contribution < 1.29 is 23.5 Å². The Morgan fingerprint density at radius 3 is 2.53 bits per heavy atom. The van der Waals surface area contributed by atoms with E-state index in [0.717, 1.165) is 11.3 Å². The van der Waals surface area contributed by atoms with Crippen LogP contribution < -0.4 is 10.2 Å². The van der Waals surface area contributed by atoms with Crippen molar-refractivity contribution in [3.8, 4) is 6.07 Å². The zero-order valence-electron chi connectivity index (χ0n) is 20.0. The minimum Gasteiger partial charge on any atom is -0.452 e. The first-order chi connectivity index (χ1) is 17.3. The molecular weight excluding hydrogens is 463 g/mol. The third-order valence-corrected chi connectivity index (χ3v) is 6.28. The standard InChI is InChI=1S/C27H25FN4O4/c1-17-18(2)32(15-19-9-11-20(28)12-10-19)26(22(17)14-29)30-24(33)16-36-27(35)21-6-3-4-7-23(21)31-13-5-8-25(31)34/h3-4,6-7,9-12H,5,8,13,15-16H2,1-2H3,(H,30,33). The molecule has 8 nitrogen and oxygen atoms in total. The smallest absolute Gasteiger partial charge is 0.340 e. The molecule has 0 bridgehead atoms. The summed E-state index contributed by atoms with van der Waals surface area (Å²) in [6.45, 7) is 3.85. The first kappa shape index (κ1) is 24.7. The number of halogens is 1. The summed E-state index contributed by atoms with van der Waals surface area (Å²) in [5, 5.41) is 12.4. The number of para-hydroxylation sites is 1. The van der Waals surface area contributed by atoms with E-state index in [1.54, 1.807) is 52.8 Å². The first-order valence-corrected chi connectivity index (χ1v) is 11.5. The van der Waals surface area contributed by atoms with Crippen LogP contribution in [0.15, 0.2) is 48.5 Å². The molecule has 0 unspecified atom stereocenters. The minimum absolute atomic E-state index is 0.0651. The highest BCUT2D eigenvalue weighted by atomic mass is 19.1. The third kappa shape index (κ3) is 4.98. The molecule has 1 saturated heterocycles. The van der Waals surface area contributed by atoms with Gasteiger partial charge in [0.15, 0.2) is 6.61 Å². The molecule has 1 aromatic heterocycles. The summed E-state index contributed by atoms with van der Waals surface area (Å²) in [5.41, 5.74) is 3.21. The Kier molecular flexibility index (Phi) is 7.15. The van der Waals surface area contributed by atoms with E-state index in [9.17, 15) is 24.0 Å². The quantitative estimate of drug-likeness (QED) is 0.505. The summed E-state index contributed by atoms with van der Waals surface area (Å²) in [5.74, 6) is -1.49. The van der Waals surface area contributed by atoms with E-state index in [0.29, 0.717) is 42.7 Å². The number of rotatable bonds is 7. The Hall–Kier alpha value is -4.45. The van der Waals surface area contributed by atoms with Gasteiger partial charge in [-0.05, 0) is 55.7 Å². The van der Waals surface area contributed by atoms with Crippen LogP contribution in [0.3, 0.4) is 0 Å². The van der Waals surface area contributed by atoms with Crippen LogP contribution >= 0.6 is 0 Å². The highest BCUT2D eigenvalue weighted by Crippen LogP contribution is 2.28.